The zero-order chi connectivity index (χ0) is 23.0. The van der Waals surface area contributed by atoms with Gasteiger partial charge in [-0.25, -0.2) is 8.42 Å². The van der Waals surface area contributed by atoms with Gasteiger partial charge >= 0.3 is 4.87 Å². The standard InChI is InChI=1S/C24H27N3O4S2/c28-23(25-13-4-1-5-14-25)12-16-26-21-11-10-19(17-22(21)32-24(26)29)33(30,31)27-15-6-8-18-7-2-3-9-20(18)27/h2-3,7,9-11,17H,1,4-6,8,12-16H2. The first-order chi connectivity index (χ1) is 15.9. The highest BCUT2D eigenvalue weighted by Crippen LogP contribution is 2.33. The number of sulfonamides is 1. The van der Waals surface area contributed by atoms with Crippen molar-refractivity contribution < 1.29 is 13.2 Å². The number of thiazole rings is 1. The fraction of sp³-hybridized carbons (Fsp3) is 0.417. The van der Waals surface area contributed by atoms with Crippen molar-refractivity contribution >= 4 is 43.2 Å². The van der Waals surface area contributed by atoms with Gasteiger partial charge in [0.05, 0.1) is 20.8 Å². The summed E-state index contributed by atoms with van der Waals surface area (Å²) in [6.07, 6.45) is 5.13. The maximum absolute atomic E-state index is 13.5. The predicted octanol–water partition coefficient (Wildman–Crippen LogP) is 3.61. The third-order valence-corrected chi connectivity index (χ3v) is 9.30. The summed E-state index contributed by atoms with van der Waals surface area (Å²) in [6.45, 7) is 2.32. The zero-order valence-electron chi connectivity index (χ0n) is 18.4. The Labute approximate surface area is 197 Å². The molecule has 2 aliphatic heterocycles. The Hall–Kier alpha value is -2.65. The highest BCUT2D eigenvalue weighted by Gasteiger charge is 2.29. The third kappa shape index (κ3) is 4.19. The van der Waals surface area contributed by atoms with Gasteiger partial charge < -0.3 is 4.90 Å². The van der Waals surface area contributed by atoms with Gasteiger partial charge in [0.15, 0.2) is 0 Å². The number of anilines is 1. The van der Waals surface area contributed by atoms with E-state index in [1.165, 1.54) is 4.31 Å². The summed E-state index contributed by atoms with van der Waals surface area (Å²) >= 11 is 1.03. The maximum atomic E-state index is 13.5. The Bertz CT molecular complexity index is 1350. The van der Waals surface area contributed by atoms with Gasteiger partial charge in [-0.05, 0) is 61.9 Å². The van der Waals surface area contributed by atoms with E-state index in [1.807, 2.05) is 29.2 Å². The molecule has 0 bridgehead atoms. The van der Waals surface area contributed by atoms with Crippen LogP contribution in [0.1, 0.15) is 37.7 Å². The molecule has 7 nitrogen and oxygen atoms in total. The van der Waals surface area contributed by atoms with E-state index in [1.54, 1.807) is 22.8 Å². The first-order valence-electron chi connectivity index (χ1n) is 11.5. The van der Waals surface area contributed by atoms with Gasteiger partial charge in [-0.2, -0.15) is 0 Å². The molecule has 0 atom stereocenters. The Morgan fingerprint density at radius 3 is 2.58 bits per heavy atom. The van der Waals surface area contributed by atoms with Crippen LogP contribution in [0.25, 0.3) is 10.2 Å². The van der Waals surface area contributed by atoms with Crippen LogP contribution in [0, 0.1) is 0 Å². The van der Waals surface area contributed by atoms with E-state index >= 15 is 0 Å². The van der Waals surface area contributed by atoms with Crippen molar-refractivity contribution in [3.63, 3.8) is 0 Å². The molecule has 2 aliphatic rings. The van der Waals surface area contributed by atoms with Crippen LogP contribution in [0.4, 0.5) is 5.69 Å². The molecule has 1 fully saturated rings. The van der Waals surface area contributed by atoms with Crippen molar-refractivity contribution in [2.75, 3.05) is 23.9 Å². The number of aromatic nitrogens is 1. The van der Waals surface area contributed by atoms with Crippen LogP contribution in [-0.4, -0.2) is 43.4 Å². The van der Waals surface area contributed by atoms with Crippen LogP contribution in [-0.2, 0) is 27.8 Å². The molecule has 0 aliphatic carbocycles. The number of hydrogen-bond acceptors (Lipinski definition) is 5. The summed E-state index contributed by atoms with van der Waals surface area (Å²) in [5, 5.41) is 0. The molecule has 1 saturated heterocycles. The molecular formula is C24H27N3O4S2. The fourth-order valence-electron chi connectivity index (χ4n) is 4.80. The molecule has 0 saturated carbocycles. The van der Waals surface area contributed by atoms with E-state index in [-0.39, 0.29) is 22.1 Å². The van der Waals surface area contributed by atoms with Crippen LogP contribution < -0.4 is 9.18 Å². The number of fused-ring (bicyclic) bond motifs is 2. The summed E-state index contributed by atoms with van der Waals surface area (Å²) in [5.41, 5.74) is 2.43. The van der Waals surface area contributed by atoms with E-state index in [9.17, 15) is 18.0 Å². The van der Waals surface area contributed by atoms with Gasteiger partial charge in [-0.3, -0.25) is 18.5 Å². The van der Waals surface area contributed by atoms with Crippen LogP contribution >= 0.6 is 11.3 Å². The normalized spacial score (nSPS) is 16.7. The van der Waals surface area contributed by atoms with Gasteiger partial charge in [0, 0.05) is 32.6 Å². The van der Waals surface area contributed by atoms with Crippen LogP contribution in [0.2, 0.25) is 0 Å². The van der Waals surface area contributed by atoms with Crippen molar-refractivity contribution in [1.82, 2.24) is 9.47 Å². The lowest BCUT2D eigenvalue weighted by Crippen LogP contribution is -2.36. The topological polar surface area (TPSA) is 79.7 Å². The van der Waals surface area contributed by atoms with Crippen molar-refractivity contribution in [3.05, 3.63) is 57.7 Å². The average molecular weight is 486 g/mol. The number of carbonyl (C=O) groups is 1. The minimum Gasteiger partial charge on any atom is -0.343 e. The van der Waals surface area contributed by atoms with Crippen LogP contribution in [0.3, 0.4) is 0 Å². The van der Waals surface area contributed by atoms with Gasteiger partial charge in [-0.15, -0.1) is 0 Å². The highest BCUT2D eigenvalue weighted by atomic mass is 32.2. The Morgan fingerprint density at radius 2 is 1.76 bits per heavy atom. The zero-order valence-corrected chi connectivity index (χ0v) is 20.0. The molecule has 9 heteroatoms. The third-order valence-electron chi connectivity index (χ3n) is 6.55. The summed E-state index contributed by atoms with van der Waals surface area (Å²) < 4.78 is 30.6. The lowest BCUT2D eigenvalue weighted by atomic mass is 10.0. The smallest absolute Gasteiger partial charge is 0.308 e. The average Bonchev–Trinajstić information content (AvgIpc) is 3.16. The second-order valence-corrected chi connectivity index (χ2v) is 11.5. The van der Waals surface area contributed by atoms with Gasteiger partial charge in [0.2, 0.25) is 5.91 Å². The Balaban J connectivity index is 1.41. The van der Waals surface area contributed by atoms with Crippen molar-refractivity contribution in [3.8, 4) is 0 Å². The Morgan fingerprint density at radius 1 is 0.970 bits per heavy atom. The molecule has 0 spiro atoms. The second kappa shape index (κ2) is 8.95. The lowest BCUT2D eigenvalue weighted by Gasteiger charge is -2.30. The summed E-state index contributed by atoms with van der Waals surface area (Å²) in [7, 11) is -3.74. The van der Waals surface area contributed by atoms with E-state index in [0.29, 0.717) is 23.3 Å². The summed E-state index contributed by atoms with van der Waals surface area (Å²) in [4.78, 5) is 27.1. The number of hydrogen-bond donors (Lipinski definition) is 0. The van der Waals surface area contributed by atoms with E-state index in [0.717, 1.165) is 67.8 Å². The van der Waals surface area contributed by atoms with Crippen LogP contribution in [0.5, 0.6) is 0 Å². The maximum Gasteiger partial charge on any atom is 0.308 e. The van der Waals surface area contributed by atoms with Crippen LogP contribution in [0.15, 0.2) is 52.2 Å². The first-order valence-corrected chi connectivity index (χ1v) is 13.7. The molecule has 0 radical (unpaired) electrons. The molecule has 5 rings (SSSR count). The van der Waals surface area contributed by atoms with Crippen molar-refractivity contribution in [2.24, 2.45) is 0 Å². The molecule has 0 N–H and O–H groups in total. The molecule has 33 heavy (non-hydrogen) atoms. The van der Waals surface area contributed by atoms with Gasteiger partial charge in [-0.1, -0.05) is 29.5 Å². The van der Waals surface area contributed by atoms with Gasteiger partial charge in [0.25, 0.3) is 10.0 Å². The monoisotopic (exact) mass is 485 g/mol. The number of rotatable bonds is 5. The molecule has 0 unspecified atom stereocenters. The Kier molecular flexibility index (Phi) is 6.01. The number of nitrogens with zero attached hydrogens (tertiary/aromatic N) is 3. The largest absolute Gasteiger partial charge is 0.343 e. The molecule has 1 amide bonds. The summed E-state index contributed by atoms with van der Waals surface area (Å²) in [5.74, 6) is 0.0731. The number of para-hydroxylation sites is 1. The van der Waals surface area contributed by atoms with Crippen molar-refractivity contribution in [2.45, 2.75) is 50.0 Å². The predicted molar refractivity (Wildman–Crippen MR) is 130 cm³/mol. The number of carbonyl (C=O) groups excluding carboxylic acids is 1. The number of amides is 1. The molecular weight excluding hydrogens is 458 g/mol. The van der Waals surface area contributed by atoms with E-state index in [4.69, 9.17) is 0 Å². The van der Waals surface area contributed by atoms with Gasteiger partial charge in [0.1, 0.15) is 0 Å². The lowest BCUT2D eigenvalue weighted by molar-refractivity contribution is -0.132. The summed E-state index contributed by atoms with van der Waals surface area (Å²) in [6, 6.07) is 12.5. The number of aryl methyl sites for hydroxylation is 2. The molecule has 2 aromatic carbocycles. The second-order valence-electron chi connectivity index (χ2n) is 8.65. The SMILES string of the molecule is O=C(CCn1c(=O)sc2cc(S(=O)(=O)N3CCCc4ccccc43)ccc21)N1CCCCC1. The minimum absolute atomic E-state index is 0.0731. The number of piperidine rings is 1. The molecule has 3 aromatic rings. The van der Waals surface area contributed by atoms with E-state index in [2.05, 4.69) is 0 Å². The van der Waals surface area contributed by atoms with Crippen molar-refractivity contribution in [1.29, 1.82) is 0 Å². The quantitative estimate of drug-likeness (QED) is 0.553. The molecule has 1 aromatic heterocycles. The molecule has 174 valence electrons. The fourth-order valence-corrected chi connectivity index (χ4v) is 7.40. The number of likely N-dealkylation sites (tertiary alicyclic amines) is 1. The first kappa shape index (κ1) is 22.2. The minimum atomic E-state index is -3.74. The highest BCUT2D eigenvalue weighted by molar-refractivity contribution is 7.92. The number of benzene rings is 2. The van der Waals surface area contributed by atoms with E-state index < -0.39 is 10.0 Å². The molecule has 3 heterocycles.